The number of fused-ring (bicyclic) bond motifs is 5. The Balaban J connectivity index is 0.000000138. The van der Waals surface area contributed by atoms with Crippen LogP contribution in [0.3, 0.4) is 0 Å². The summed E-state index contributed by atoms with van der Waals surface area (Å²) in [6.45, 7) is 10.3. The van der Waals surface area contributed by atoms with E-state index in [1.807, 2.05) is 312 Å². The zero-order valence-corrected chi connectivity index (χ0v) is 88.3. The van der Waals surface area contributed by atoms with Crippen molar-refractivity contribution in [2.75, 3.05) is 111 Å². The molecule has 139 heavy (non-hydrogen) atoms. The average molecular weight is 2710 g/mol. The Morgan fingerprint density at radius 3 is 0.942 bits per heavy atom. The van der Waals surface area contributed by atoms with Crippen LogP contribution < -0.4 is 73.3 Å². The molecule has 10 heterocycles. The van der Waals surface area contributed by atoms with Crippen LogP contribution in [0.25, 0.3) is 0 Å². The van der Waals surface area contributed by atoms with Crippen molar-refractivity contribution >= 4 is 149 Å². The van der Waals surface area contributed by atoms with Crippen LogP contribution in [0.4, 0.5) is 149 Å². The minimum Gasteiger partial charge on any atom is -0.478 e. The number of ether oxygens (including phenoxy) is 1. The van der Waals surface area contributed by atoms with E-state index in [1.54, 1.807) is 6.20 Å². The van der Waals surface area contributed by atoms with Crippen LogP contribution in [0.5, 0.6) is 11.5 Å². The molecule has 5 aliphatic heterocycles. The Labute approximate surface area is 882 Å². The average Bonchev–Trinajstić information content (AvgIpc) is 1.62. The molecule has 23 rings (SSSR count). The maximum atomic E-state index is 6.22. The van der Waals surface area contributed by atoms with Crippen molar-refractivity contribution in [1.82, 2.24) is 24.9 Å². The molecule has 20 nitrogen and oxygen atoms in total. The molecule has 0 saturated heterocycles. The molecule has 0 fully saturated rings. The van der Waals surface area contributed by atoms with Crippen LogP contribution in [0.2, 0.25) is 0 Å². The van der Waals surface area contributed by atoms with Crippen molar-refractivity contribution in [1.29, 1.82) is 0 Å². The zero-order chi connectivity index (χ0) is 91.1. The van der Waals surface area contributed by atoms with Crippen LogP contribution in [0, 0.1) is 63.7 Å². The summed E-state index contributed by atoms with van der Waals surface area (Å²) in [6.07, 6.45) is 5.53. The van der Waals surface area contributed by atoms with Crippen molar-refractivity contribution in [3.8, 4) is 11.5 Å². The van der Waals surface area contributed by atoms with E-state index < -0.39 is 0 Å². The predicted molar refractivity (Wildman–Crippen MR) is 547 cm³/mol. The third-order valence-electron chi connectivity index (χ3n) is 22.4. The molecule has 0 bridgehead atoms. The van der Waals surface area contributed by atoms with Crippen LogP contribution in [-0.4, -0.2) is 67.2 Å². The largest absolute Gasteiger partial charge is 0.478 e. The number of hydrogen-bond donors (Lipinski definition) is 0. The van der Waals surface area contributed by atoms with Crippen LogP contribution in [0.15, 0.2) is 425 Å². The standard InChI is InChI=1S/C30H22N4.C24H17N3O.3C20H18N4.5Ir/c1-5-13-24(14-6-1)32-23-33(25-15-7-2-8-16-25)30-28(32)21-22-29(31-30)34(26-17-9-3-10-18-26)27-19-11-4-12-20-27;1-4-10-19(11-5-1)26-18-27(20-12-6-2-7-13-20)24-23(26)22(16-17-25-24)28-21-14-8-3-9-15-21;1-22(2)18-13-19-20(21-14-18)24(17-11-7-4-8-12-17)15-23(19)16-9-5-3-6-10-16;1-22(2)18-13-14-21-20-19(18)23(16-9-5-3-6-10-16)15-24(20)17-11-7-4-8-12-17;1-22(2)19-14-13-18-20(21-19)24(17-11-7-4-8-12-17)15-23(18)16-9-5-3-6-10-16;;;;;/h1-15,17-23H;1-12,14-18H;3*3-11,13-15H,1-2H3;;;;;/q5*-2;;;;;. The number of aromatic nitrogens is 5. The van der Waals surface area contributed by atoms with E-state index >= 15 is 0 Å². The van der Waals surface area contributed by atoms with Crippen LogP contribution >= 0.6 is 0 Å². The molecule has 0 unspecified atom stereocenters. The van der Waals surface area contributed by atoms with E-state index in [9.17, 15) is 0 Å². The fourth-order valence-corrected chi connectivity index (χ4v) is 16.0. The Bertz CT molecular complexity index is 6640. The molecule has 13 aromatic carbocycles. The molecule has 0 amide bonds. The number of nitrogens with zero attached hydrogens (tertiary/aromatic N) is 19. The number of para-hydroxylation sites is 13. The van der Waals surface area contributed by atoms with Gasteiger partial charge in [-0.1, -0.05) is 146 Å². The van der Waals surface area contributed by atoms with Gasteiger partial charge in [0.1, 0.15) is 46.5 Å². The van der Waals surface area contributed by atoms with E-state index in [-0.39, 0.29) is 101 Å². The van der Waals surface area contributed by atoms with Gasteiger partial charge in [0.2, 0.25) is 0 Å². The summed E-state index contributed by atoms with van der Waals surface area (Å²) in [7, 11) is 12.2. The van der Waals surface area contributed by atoms with Gasteiger partial charge in [-0.15, -0.1) is 61.8 Å². The maximum Gasteiger partial charge on any atom is 0.153 e. The zero-order valence-electron chi connectivity index (χ0n) is 76.4. The summed E-state index contributed by atoms with van der Waals surface area (Å²) >= 11 is 0. The third kappa shape index (κ3) is 22.7. The molecule has 5 aliphatic rings. The Morgan fingerprint density at radius 2 is 0.568 bits per heavy atom. The first-order chi connectivity index (χ1) is 66.0. The number of rotatable bonds is 18. The monoisotopic (exact) mass is 2710 g/mol. The van der Waals surface area contributed by atoms with Crippen LogP contribution in [0.1, 0.15) is 0 Å². The first-order valence-electron chi connectivity index (χ1n) is 43.9. The van der Waals surface area contributed by atoms with Crippen molar-refractivity contribution in [2.24, 2.45) is 0 Å². The molecular weight excluding hydrogens is 2610 g/mol. The summed E-state index contributed by atoms with van der Waals surface area (Å²) in [5.74, 6) is 7.70. The molecule has 705 valence electrons. The van der Waals surface area contributed by atoms with Gasteiger partial charge >= 0.3 is 0 Å². The first-order valence-corrected chi connectivity index (χ1v) is 43.9. The molecule has 0 N–H and O–H groups in total. The van der Waals surface area contributed by atoms with Crippen molar-refractivity contribution in [3.05, 3.63) is 489 Å². The van der Waals surface area contributed by atoms with Gasteiger partial charge in [-0.05, 0) is 133 Å². The summed E-state index contributed by atoms with van der Waals surface area (Å²) in [5.41, 5.74) is 19.6. The number of benzene rings is 13. The molecule has 5 radical (unpaired) electrons. The summed E-state index contributed by atoms with van der Waals surface area (Å²) < 4.78 is 6.22. The molecule has 0 atom stereocenters. The molecule has 0 spiro atoms. The fourth-order valence-electron chi connectivity index (χ4n) is 16.0. The van der Waals surface area contributed by atoms with Crippen molar-refractivity contribution in [3.63, 3.8) is 0 Å². The topological polar surface area (TPSA) is 119 Å². The Morgan fingerprint density at radius 1 is 0.252 bits per heavy atom. The van der Waals surface area contributed by atoms with Gasteiger partial charge < -0.3 is 68.4 Å². The molecule has 0 aliphatic carbocycles. The number of hydrogen-bond acceptors (Lipinski definition) is 20. The smallest absolute Gasteiger partial charge is 0.153 e. The second-order valence-corrected chi connectivity index (χ2v) is 31.8. The van der Waals surface area contributed by atoms with Crippen molar-refractivity contribution < 1.29 is 105 Å². The summed E-state index contributed by atoms with van der Waals surface area (Å²) in [6, 6.07) is 153. The molecule has 18 aromatic rings. The van der Waals surface area contributed by atoms with Gasteiger partial charge in [0.15, 0.2) is 5.75 Å². The minimum atomic E-state index is 0. The van der Waals surface area contributed by atoms with Gasteiger partial charge in [-0.3, -0.25) is 4.90 Å². The predicted octanol–water partition coefficient (Wildman–Crippen LogP) is 26.9. The quantitative estimate of drug-likeness (QED) is 0.0757. The van der Waals surface area contributed by atoms with Gasteiger partial charge in [-0.25, -0.2) is 24.9 Å². The van der Waals surface area contributed by atoms with Gasteiger partial charge in [0, 0.05) is 201 Å². The summed E-state index contributed by atoms with van der Waals surface area (Å²) in [5, 5.41) is 0. The van der Waals surface area contributed by atoms with E-state index in [4.69, 9.17) is 19.7 Å². The molecular formula is C114H93Ir5N19O-10. The molecule has 0 saturated carbocycles. The second-order valence-electron chi connectivity index (χ2n) is 31.8. The summed E-state index contributed by atoms with van der Waals surface area (Å²) in [4.78, 5) is 53.5. The van der Waals surface area contributed by atoms with E-state index in [0.29, 0.717) is 0 Å². The van der Waals surface area contributed by atoms with Gasteiger partial charge in [-0.2, -0.15) is 152 Å². The van der Waals surface area contributed by atoms with Gasteiger partial charge in [0.25, 0.3) is 0 Å². The first kappa shape index (κ1) is 101. The molecule has 5 aromatic heterocycles. The van der Waals surface area contributed by atoms with E-state index in [0.717, 1.165) is 160 Å². The second kappa shape index (κ2) is 47.8. The number of pyridine rings is 5. The Hall–Kier alpha value is -14.1. The molecule has 25 heteroatoms. The third-order valence-corrected chi connectivity index (χ3v) is 22.4. The van der Waals surface area contributed by atoms with Crippen LogP contribution in [-0.2, 0) is 101 Å². The Kier molecular flexibility index (Phi) is 34.6. The SMILES string of the molecule is CN(C)c1ccc2c(n1)N(c1[c-]cccc1)[CH-]N2c1ccccc1.CN(C)c1ccnc2c1N(c1ccccc1)[CH-]N2c1[c-]cccc1.CN(C)c1cnc2c(c1)N(c1ccccc1)[CH-]N2c1[c-]cccc1.[Ir].[Ir].[Ir].[Ir].[Ir].[c-]1ccccc1N1[CH-]N(c2ccccc2)c2c(Oc3ccccc3)ccnc21.[c-]1ccccc1N1[CH-]N(c2ccccc2)c2ccc(N(c3ccccc3)c3ccccc3)nc21. The number of anilines is 26. The van der Waals surface area contributed by atoms with Crippen molar-refractivity contribution in [2.45, 2.75) is 0 Å². The van der Waals surface area contributed by atoms with E-state index in [1.165, 1.54) is 0 Å². The minimum absolute atomic E-state index is 0. The van der Waals surface area contributed by atoms with Gasteiger partial charge in [0.05, 0.1) is 46.0 Å². The fraction of sp³-hybridized carbons (Fsp3) is 0.0526. The normalized spacial score (nSPS) is 12.4. The van der Waals surface area contributed by atoms with E-state index in [2.05, 4.69) is 292 Å². The maximum absolute atomic E-state index is 6.22.